The molecule has 0 spiro atoms. The minimum absolute atomic E-state index is 0.234. The van der Waals surface area contributed by atoms with Gasteiger partial charge >= 0.3 is 11.9 Å². The van der Waals surface area contributed by atoms with Crippen molar-refractivity contribution in [3.63, 3.8) is 0 Å². The average molecular weight is 193 g/mol. The van der Waals surface area contributed by atoms with Gasteiger partial charge in [-0.2, -0.15) is 0 Å². The monoisotopic (exact) mass is 193 g/mol. The molecule has 1 aliphatic heterocycles. The van der Waals surface area contributed by atoms with Crippen molar-refractivity contribution < 1.29 is 19.4 Å². The fourth-order valence-corrected chi connectivity index (χ4v) is 1.40. The fraction of sp³-hybridized carbons (Fsp3) is 0.111. The molecule has 0 saturated carbocycles. The summed E-state index contributed by atoms with van der Waals surface area (Å²) >= 11 is 0. The van der Waals surface area contributed by atoms with Crippen molar-refractivity contribution in [2.75, 3.05) is 5.73 Å². The third-order valence-corrected chi connectivity index (χ3v) is 2.03. The lowest BCUT2D eigenvalue weighted by atomic mass is 10.0. The Hall–Kier alpha value is -2.04. The Kier molecular flexibility index (Phi) is 1.67. The number of anilines is 1. The fourth-order valence-electron chi connectivity index (χ4n) is 1.40. The molecule has 1 atom stereocenters. The summed E-state index contributed by atoms with van der Waals surface area (Å²) < 4.78 is 4.65. The lowest BCUT2D eigenvalue weighted by Gasteiger charge is -2.03. The molecule has 14 heavy (non-hydrogen) atoms. The normalized spacial score (nSPS) is 18.9. The molecule has 0 aliphatic carbocycles. The van der Waals surface area contributed by atoms with Crippen molar-refractivity contribution >= 4 is 17.6 Å². The van der Waals surface area contributed by atoms with Gasteiger partial charge in [0.1, 0.15) is 0 Å². The maximum absolute atomic E-state index is 11.2. The number of hydrogen-bond donors (Lipinski definition) is 2. The molecule has 0 radical (unpaired) electrons. The molecule has 3 N–H and O–H groups in total. The van der Waals surface area contributed by atoms with Crippen molar-refractivity contribution in [2.45, 2.75) is 6.10 Å². The number of carbonyl (C=O) groups excluding carboxylic acids is 1. The Bertz CT molecular complexity index is 427. The number of esters is 1. The smallest absolute Gasteiger partial charge is 0.349 e. The number of aliphatic carboxylic acids is 1. The zero-order valence-corrected chi connectivity index (χ0v) is 7.06. The summed E-state index contributed by atoms with van der Waals surface area (Å²) in [5.41, 5.74) is 6.46. The van der Waals surface area contributed by atoms with Crippen molar-refractivity contribution in [1.29, 1.82) is 0 Å². The minimum atomic E-state index is -1.20. The van der Waals surface area contributed by atoms with E-state index in [9.17, 15) is 9.59 Å². The van der Waals surface area contributed by atoms with Crippen LogP contribution in [0.25, 0.3) is 0 Å². The second-order valence-electron chi connectivity index (χ2n) is 2.97. The number of hydrogen-bond acceptors (Lipinski definition) is 4. The molecule has 1 aromatic carbocycles. The standard InChI is InChI=1S/C9H7NO4/c10-4-1-2-5-6(3-4)9(13)14-7(5)8(11)12/h1-3,7H,10H2,(H,11,12). The molecule has 0 bridgehead atoms. The van der Waals surface area contributed by atoms with E-state index in [4.69, 9.17) is 10.8 Å². The maximum Gasteiger partial charge on any atom is 0.349 e. The quantitative estimate of drug-likeness (QED) is 0.502. The SMILES string of the molecule is Nc1ccc2c(c1)C(=O)OC2C(=O)O. The molecule has 1 aliphatic rings. The first-order chi connectivity index (χ1) is 6.59. The van der Waals surface area contributed by atoms with Gasteiger partial charge in [-0.3, -0.25) is 0 Å². The molecule has 0 saturated heterocycles. The first-order valence-electron chi connectivity index (χ1n) is 3.93. The van der Waals surface area contributed by atoms with E-state index in [2.05, 4.69) is 4.74 Å². The molecule has 1 unspecified atom stereocenters. The number of carbonyl (C=O) groups is 2. The second-order valence-corrected chi connectivity index (χ2v) is 2.97. The molecule has 2 rings (SSSR count). The lowest BCUT2D eigenvalue weighted by molar-refractivity contribution is -0.146. The first kappa shape index (κ1) is 8.55. The average Bonchev–Trinajstić information content (AvgIpc) is 2.44. The summed E-state index contributed by atoms with van der Waals surface area (Å²) in [5.74, 6) is -1.82. The largest absolute Gasteiger partial charge is 0.478 e. The van der Waals surface area contributed by atoms with Crippen molar-refractivity contribution in [2.24, 2.45) is 0 Å². The number of fused-ring (bicyclic) bond motifs is 1. The summed E-state index contributed by atoms with van der Waals surface area (Å²) in [7, 11) is 0. The van der Waals surface area contributed by atoms with Crippen LogP contribution in [0.15, 0.2) is 18.2 Å². The van der Waals surface area contributed by atoms with Gasteiger partial charge in [0.25, 0.3) is 0 Å². The van der Waals surface area contributed by atoms with E-state index >= 15 is 0 Å². The predicted molar refractivity (Wildman–Crippen MR) is 46.6 cm³/mol. The van der Waals surface area contributed by atoms with Crippen LogP contribution in [0.1, 0.15) is 22.0 Å². The topological polar surface area (TPSA) is 89.6 Å². The Morgan fingerprint density at radius 2 is 2.21 bits per heavy atom. The number of ether oxygens (including phenoxy) is 1. The zero-order chi connectivity index (χ0) is 10.3. The zero-order valence-electron chi connectivity index (χ0n) is 7.06. The number of benzene rings is 1. The van der Waals surface area contributed by atoms with E-state index in [0.29, 0.717) is 11.3 Å². The van der Waals surface area contributed by atoms with E-state index in [0.717, 1.165) is 0 Å². The second kappa shape index (κ2) is 2.73. The molecule has 5 nitrogen and oxygen atoms in total. The molecule has 0 aromatic heterocycles. The van der Waals surface area contributed by atoms with Gasteiger partial charge in [-0.05, 0) is 12.1 Å². The van der Waals surface area contributed by atoms with Crippen LogP contribution in [0.4, 0.5) is 5.69 Å². The van der Waals surface area contributed by atoms with Crippen molar-refractivity contribution in [3.05, 3.63) is 29.3 Å². The summed E-state index contributed by atoms with van der Waals surface area (Å²) in [5, 5.41) is 8.74. The highest BCUT2D eigenvalue weighted by atomic mass is 16.6. The van der Waals surface area contributed by atoms with Gasteiger partial charge in [-0.25, -0.2) is 9.59 Å². The molecule has 1 aromatic rings. The van der Waals surface area contributed by atoms with Crippen LogP contribution >= 0.6 is 0 Å². The molecule has 1 heterocycles. The molecule has 72 valence electrons. The summed E-state index contributed by atoms with van der Waals surface area (Å²) in [4.78, 5) is 21.9. The highest BCUT2D eigenvalue weighted by Gasteiger charge is 2.35. The number of carboxylic acids is 1. The highest BCUT2D eigenvalue weighted by molar-refractivity contribution is 5.99. The van der Waals surface area contributed by atoms with Gasteiger partial charge < -0.3 is 15.6 Å². The molecule has 0 fully saturated rings. The van der Waals surface area contributed by atoms with Gasteiger partial charge in [0.05, 0.1) is 5.56 Å². The van der Waals surface area contributed by atoms with E-state index in [1.807, 2.05) is 0 Å². The Labute approximate surface area is 79.1 Å². The van der Waals surface area contributed by atoms with Gasteiger partial charge in [0.2, 0.25) is 6.10 Å². The molecule has 0 amide bonds. The van der Waals surface area contributed by atoms with E-state index < -0.39 is 18.0 Å². The van der Waals surface area contributed by atoms with E-state index in [-0.39, 0.29) is 5.56 Å². The van der Waals surface area contributed by atoms with Gasteiger partial charge in [0, 0.05) is 11.3 Å². The van der Waals surface area contributed by atoms with Crippen LogP contribution in [0.5, 0.6) is 0 Å². The van der Waals surface area contributed by atoms with Gasteiger partial charge in [0.15, 0.2) is 0 Å². The van der Waals surface area contributed by atoms with Crippen molar-refractivity contribution in [1.82, 2.24) is 0 Å². The maximum atomic E-state index is 11.2. The molecular weight excluding hydrogens is 186 g/mol. The predicted octanol–water partition coefficient (Wildman–Crippen LogP) is 0.565. The number of rotatable bonds is 1. The number of nitrogens with two attached hydrogens (primary N) is 1. The van der Waals surface area contributed by atoms with Crippen LogP contribution in [0, 0.1) is 0 Å². The Balaban J connectivity index is 2.55. The number of nitrogen functional groups attached to an aromatic ring is 1. The summed E-state index contributed by atoms with van der Waals surface area (Å²) in [6.07, 6.45) is -1.20. The Morgan fingerprint density at radius 1 is 1.50 bits per heavy atom. The third kappa shape index (κ3) is 1.10. The van der Waals surface area contributed by atoms with Crippen LogP contribution in [-0.4, -0.2) is 17.0 Å². The van der Waals surface area contributed by atoms with Crippen LogP contribution in [0.2, 0.25) is 0 Å². The number of carboxylic acid groups (broad SMARTS) is 1. The summed E-state index contributed by atoms with van der Waals surface area (Å²) in [6, 6.07) is 4.45. The van der Waals surface area contributed by atoms with Gasteiger partial charge in [-0.15, -0.1) is 0 Å². The van der Waals surface area contributed by atoms with Crippen LogP contribution in [-0.2, 0) is 9.53 Å². The first-order valence-corrected chi connectivity index (χ1v) is 3.93. The number of cyclic esters (lactones) is 1. The summed E-state index contributed by atoms with van der Waals surface area (Å²) in [6.45, 7) is 0. The van der Waals surface area contributed by atoms with Crippen LogP contribution < -0.4 is 5.73 Å². The Morgan fingerprint density at radius 3 is 2.86 bits per heavy atom. The van der Waals surface area contributed by atoms with Gasteiger partial charge in [-0.1, -0.05) is 6.07 Å². The molecular formula is C9H7NO4. The molecule has 5 heteroatoms. The third-order valence-electron chi connectivity index (χ3n) is 2.03. The highest BCUT2D eigenvalue weighted by Crippen LogP contribution is 2.31. The van der Waals surface area contributed by atoms with E-state index in [1.54, 1.807) is 0 Å². The van der Waals surface area contributed by atoms with Crippen molar-refractivity contribution in [3.8, 4) is 0 Å². The lowest BCUT2D eigenvalue weighted by Crippen LogP contribution is -2.10. The van der Waals surface area contributed by atoms with Crippen LogP contribution in [0.3, 0.4) is 0 Å². The minimum Gasteiger partial charge on any atom is -0.478 e. The van der Waals surface area contributed by atoms with E-state index in [1.165, 1.54) is 18.2 Å².